The number of nitrogens with two attached hydrogens (primary N) is 1. The normalized spacial score (nSPS) is 10.7. The van der Waals surface area contributed by atoms with Gasteiger partial charge in [-0.15, -0.1) is 0 Å². The number of hydrogen-bond donors (Lipinski definition) is 1. The number of benzene rings is 1. The average molecular weight is 207 g/mol. The third-order valence-electron chi connectivity index (χ3n) is 2.30. The summed E-state index contributed by atoms with van der Waals surface area (Å²) >= 11 is 0. The zero-order valence-corrected chi connectivity index (χ0v) is 9.70. The van der Waals surface area contributed by atoms with E-state index >= 15 is 0 Å². The summed E-state index contributed by atoms with van der Waals surface area (Å²) in [4.78, 5) is 0. The van der Waals surface area contributed by atoms with Gasteiger partial charge in [-0.2, -0.15) is 0 Å². The van der Waals surface area contributed by atoms with E-state index in [1.54, 1.807) is 0 Å². The van der Waals surface area contributed by atoms with Crippen LogP contribution in [0.5, 0.6) is 5.75 Å². The van der Waals surface area contributed by atoms with Gasteiger partial charge in [-0.3, -0.25) is 0 Å². The van der Waals surface area contributed by atoms with Crippen molar-refractivity contribution in [1.29, 1.82) is 0 Å². The van der Waals surface area contributed by atoms with Gasteiger partial charge in [-0.1, -0.05) is 26.0 Å². The molecule has 0 radical (unpaired) electrons. The molecule has 0 aliphatic carbocycles. The first-order chi connectivity index (χ1) is 7.22. The van der Waals surface area contributed by atoms with Crippen molar-refractivity contribution >= 4 is 0 Å². The average Bonchev–Trinajstić information content (AvgIpc) is 2.18. The predicted octanol–water partition coefficient (Wildman–Crippen LogP) is 2.61. The molecule has 0 bridgehead atoms. The van der Waals surface area contributed by atoms with Crippen LogP contribution >= 0.6 is 0 Å². The van der Waals surface area contributed by atoms with Gasteiger partial charge in [0.15, 0.2) is 0 Å². The summed E-state index contributed by atoms with van der Waals surface area (Å²) in [6, 6.07) is 8.19. The van der Waals surface area contributed by atoms with Crippen molar-refractivity contribution in [1.82, 2.24) is 0 Å². The van der Waals surface area contributed by atoms with Gasteiger partial charge in [0.05, 0.1) is 6.61 Å². The van der Waals surface area contributed by atoms with Crippen molar-refractivity contribution < 1.29 is 4.74 Å². The van der Waals surface area contributed by atoms with E-state index in [2.05, 4.69) is 26.0 Å². The summed E-state index contributed by atoms with van der Waals surface area (Å²) in [7, 11) is 0. The quantitative estimate of drug-likeness (QED) is 0.778. The molecular weight excluding hydrogens is 186 g/mol. The Hall–Kier alpha value is -1.02. The van der Waals surface area contributed by atoms with Gasteiger partial charge < -0.3 is 10.5 Å². The Balaban J connectivity index is 2.43. The van der Waals surface area contributed by atoms with Gasteiger partial charge in [0.25, 0.3) is 0 Å². The van der Waals surface area contributed by atoms with Crippen LogP contribution in [-0.2, 0) is 6.42 Å². The van der Waals surface area contributed by atoms with Crippen LogP contribution in [0, 0.1) is 5.92 Å². The summed E-state index contributed by atoms with van der Waals surface area (Å²) in [5, 5.41) is 0. The maximum absolute atomic E-state index is 5.66. The van der Waals surface area contributed by atoms with Crippen molar-refractivity contribution in [3.05, 3.63) is 29.8 Å². The van der Waals surface area contributed by atoms with Crippen molar-refractivity contribution in [2.75, 3.05) is 13.2 Å². The van der Waals surface area contributed by atoms with E-state index in [-0.39, 0.29) is 0 Å². The summed E-state index contributed by atoms with van der Waals surface area (Å²) in [5.41, 5.74) is 6.76. The van der Waals surface area contributed by atoms with Crippen LogP contribution in [0.3, 0.4) is 0 Å². The fourth-order valence-electron chi connectivity index (χ4n) is 1.37. The second-order valence-corrected chi connectivity index (χ2v) is 4.22. The Kier molecular flexibility index (Phi) is 5.19. The fraction of sp³-hybridized carbons (Fsp3) is 0.538. The van der Waals surface area contributed by atoms with Gasteiger partial charge in [-0.05, 0) is 43.0 Å². The number of hydrogen-bond acceptors (Lipinski definition) is 2. The summed E-state index contributed by atoms with van der Waals surface area (Å²) in [6.45, 7) is 5.89. The third-order valence-corrected chi connectivity index (χ3v) is 2.30. The third kappa shape index (κ3) is 4.84. The highest BCUT2D eigenvalue weighted by atomic mass is 16.5. The Morgan fingerprint density at radius 3 is 2.80 bits per heavy atom. The molecule has 0 spiro atoms. The first-order valence-corrected chi connectivity index (χ1v) is 5.64. The molecule has 0 saturated carbocycles. The minimum atomic E-state index is 0.690. The van der Waals surface area contributed by atoms with E-state index in [0.29, 0.717) is 12.5 Å². The molecule has 2 nitrogen and oxygen atoms in total. The van der Waals surface area contributed by atoms with Gasteiger partial charge in [-0.25, -0.2) is 0 Å². The number of rotatable bonds is 6. The molecular formula is C13H21NO. The molecule has 15 heavy (non-hydrogen) atoms. The lowest BCUT2D eigenvalue weighted by molar-refractivity contribution is 0.289. The molecule has 2 heteroatoms. The molecule has 0 atom stereocenters. The molecule has 0 fully saturated rings. The van der Waals surface area contributed by atoms with Gasteiger partial charge in [0.1, 0.15) is 5.75 Å². The van der Waals surface area contributed by atoms with Crippen molar-refractivity contribution in [2.45, 2.75) is 26.7 Å². The SMILES string of the molecule is CC(C)CCOc1cccc(CCN)c1. The van der Waals surface area contributed by atoms with Crippen molar-refractivity contribution in [3.63, 3.8) is 0 Å². The first-order valence-electron chi connectivity index (χ1n) is 5.64. The molecule has 0 saturated heterocycles. The van der Waals surface area contributed by atoms with Crippen molar-refractivity contribution in [3.8, 4) is 5.75 Å². The van der Waals surface area contributed by atoms with E-state index in [9.17, 15) is 0 Å². The lowest BCUT2D eigenvalue weighted by Crippen LogP contribution is -2.04. The lowest BCUT2D eigenvalue weighted by Gasteiger charge is -2.09. The van der Waals surface area contributed by atoms with Crippen LogP contribution < -0.4 is 10.5 Å². The van der Waals surface area contributed by atoms with Gasteiger partial charge in [0.2, 0.25) is 0 Å². The lowest BCUT2D eigenvalue weighted by atomic mass is 10.1. The zero-order valence-electron chi connectivity index (χ0n) is 9.70. The van der Waals surface area contributed by atoms with Crippen LogP contribution in [-0.4, -0.2) is 13.2 Å². The molecule has 0 aliphatic rings. The maximum atomic E-state index is 5.66. The first kappa shape index (κ1) is 12.1. The maximum Gasteiger partial charge on any atom is 0.119 e. The van der Waals surface area contributed by atoms with Crippen LogP contribution in [0.4, 0.5) is 0 Å². The van der Waals surface area contributed by atoms with Crippen LogP contribution in [0.15, 0.2) is 24.3 Å². The second kappa shape index (κ2) is 6.46. The van der Waals surface area contributed by atoms with E-state index in [4.69, 9.17) is 10.5 Å². The van der Waals surface area contributed by atoms with E-state index in [1.807, 2.05) is 12.1 Å². The van der Waals surface area contributed by atoms with Crippen LogP contribution in [0.25, 0.3) is 0 Å². The number of ether oxygens (including phenoxy) is 1. The monoisotopic (exact) mass is 207 g/mol. The van der Waals surface area contributed by atoms with Crippen molar-refractivity contribution in [2.24, 2.45) is 11.7 Å². The second-order valence-electron chi connectivity index (χ2n) is 4.22. The molecule has 1 aromatic rings. The van der Waals surface area contributed by atoms with E-state index in [0.717, 1.165) is 25.2 Å². The minimum absolute atomic E-state index is 0.690. The molecule has 0 aliphatic heterocycles. The highest BCUT2D eigenvalue weighted by molar-refractivity contribution is 5.28. The highest BCUT2D eigenvalue weighted by Gasteiger charge is 1.98. The molecule has 2 N–H and O–H groups in total. The standard InChI is InChI=1S/C13H21NO/c1-11(2)7-9-15-13-5-3-4-12(10-13)6-8-14/h3-5,10-11H,6-9,14H2,1-2H3. The molecule has 0 aromatic heterocycles. The fourth-order valence-corrected chi connectivity index (χ4v) is 1.37. The van der Waals surface area contributed by atoms with Gasteiger partial charge in [0, 0.05) is 0 Å². The van der Waals surface area contributed by atoms with E-state index in [1.165, 1.54) is 5.56 Å². The highest BCUT2D eigenvalue weighted by Crippen LogP contribution is 2.14. The largest absolute Gasteiger partial charge is 0.494 e. The molecule has 0 heterocycles. The zero-order chi connectivity index (χ0) is 11.1. The molecule has 0 unspecified atom stereocenters. The van der Waals surface area contributed by atoms with Gasteiger partial charge >= 0.3 is 0 Å². The Morgan fingerprint density at radius 2 is 2.13 bits per heavy atom. The molecule has 1 aromatic carbocycles. The smallest absolute Gasteiger partial charge is 0.119 e. The Labute approximate surface area is 92.4 Å². The van der Waals surface area contributed by atoms with Crippen LogP contribution in [0.2, 0.25) is 0 Å². The minimum Gasteiger partial charge on any atom is -0.494 e. The summed E-state index contributed by atoms with van der Waals surface area (Å²) < 4.78 is 5.66. The predicted molar refractivity (Wildman–Crippen MR) is 64.2 cm³/mol. The van der Waals surface area contributed by atoms with Crippen LogP contribution in [0.1, 0.15) is 25.8 Å². The molecule has 84 valence electrons. The Bertz CT molecular complexity index is 284. The summed E-state index contributed by atoms with van der Waals surface area (Å²) in [5.74, 6) is 1.65. The summed E-state index contributed by atoms with van der Waals surface area (Å²) in [6.07, 6.45) is 2.02. The molecule has 0 amide bonds. The topological polar surface area (TPSA) is 35.2 Å². The van der Waals surface area contributed by atoms with E-state index < -0.39 is 0 Å². The molecule has 1 rings (SSSR count). The Morgan fingerprint density at radius 1 is 1.33 bits per heavy atom.